The Balaban J connectivity index is 0.00000392. The molecule has 0 bridgehead atoms. The van der Waals surface area contributed by atoms with E-state index in [9.17, 15) is 4.79 Å². The fourth-order valence-electron chi connectivity index (χ4n) is 2.65. The van der Waals surface area contributed by atoms with Gasteiger partial charge in [0.25, 0.3) is 5.91 Å². The maximum atomic E-state index is 12.5. The number of nitrogens with one attached hydrogen (secondary N) is 2. The summed E-state index contributed by atoms with van der Waals surface area (Å²) in [7, 11) is 3.08. The van der Waals surface area contributed by atoms with Crippen LogP contribution in [0.2, 0.25) is 0 Å². The van der Waals surface area contributed by atoms with Crippen LogP contribution in [0.4, 0.5) is 0 Å². The molecular formula is C21H29ClN2O4. The minimum absolute atomic E-state index is 0. The molecule has 28 heavy (non-hydrogen) atoms. The summed E-state index contributed by atoms with van der Waals surface area (Å²) in [6.45, 7) is 5.81. The molecule has 7 heteroatoms. The van der Waals surface area contributed by atoms with Crippen molar-refractivity contribution in [2.75, 3.05) is 27.3 Å². The van der Waals surface area contributed by atoms with Crippen LogP contribution in [0.5, 0.6) is 17.2 Å². The van der Waals surface area contributed by atoms with Crippen molar-refractivity contribution in [1.29, 1.82) is 0 Å². The topological polar surface area (TPSA) is 68.8 Å². The van der Waals surface area contributed by atoms with Gasteiger partial charge in [0.05, 0.1) is 14.2 Å². The number of likely N-dealkylation sites (N-methyl/N-ethyl adjacent to an activating group) is 1. The lowest BCUT2D eigenvalue weighted by molar-refractivity contribution is 0.0949. The van der Waals surface area contributed by atoms with E-state index in [1.165, 1.54) is 0 Å². The van der Waals surface area contributed by atoms with Crippen molar-refractivity contribution in [3.05, 3.63) is 53.6 Å². The molecule has 0 radical (unpaired) electrons. The Morgan fingerprint density at radius 2 is 1.68 bits per heavy atom. The van der Waals surface area contributed by atoms with Gasteiger partial charge in [-0.1, -0.05) is 37.3 Å². The highest BCUT2D eigenvalue weighted by Gasteiger charge is 2.18. The predicted molar refractivity (Wildman–Crippen MR) is 113 cm³/mol. The second-order valence-corrected chi connectivity index (χ2v) is 6.15. The van der Waals surface area contributed by atoms with E-state index in [-0.39, 0.29) is 24.4 Å². The SMILES string of the molecule is CCN[C@H](C)CNC(=O)c1cc(OC)c(OCc2ccccc2)c(OC)c1.Cl. The van der Waals surface area contributed by atoms with Gasteiger partial charge in [-0.3, -0.25) is 4.79 Å². The van der Waals surface area contributed by atoms with Crippen LogP contribution >= 0.6 is 12.4 Å². The van der Waals surface area contributed by atoms with Crippen LogP contribution in [0, 0.1) is 0 Å². The van der Waals surface area contributed by atoms with E-state index in [1.54, 1.807) is 26.4 Å². The van der Waals surface area contributed by atoms with E-state index in [2.05, 4.69) is 10.6 Å². The van der Waals surface area contributed by atoms with Crippen molar-refractivity contribution in [3.63, 3.8) is 0 Å². The van der Waals surface area contributed by atoms with E-state index in [0.29, 0.717) is 36.0 Å². The third kappa shape index (κ3) is 6.62. The fraction of sp³-hybridized carbons (Fsp3) is 0.381. The third-order valence-electron chi connectivity index (χ3n) is 4.07. The van der Waals surface area contributed by atoms with Crippen LogP contribution in [0.25, 0.3) is 0 Å². The fourth-order valence-corrected chi connectivity index (χ4v) is 2.65. The number of hydrogen-bond acceptors (Lipinski definition) is 5. The van der Waals surface area contributed by atoms with Crippen molar-refractivity contribution >= 4 is 18.3 Å². The summed E-state index contributed by atoms with van der Waals surface area (Å²) in [5.41, 5.74) is 1.49. The quantitative estimate of drug-likeness (QED) is 0.630. The van der Waals surface area contributed by atoms with Gasteiger partial charge >= 0.3 is 0 Å². The molecule has 0 aliphatic heterocycles. The number of benzene rings is 2. The molecule has 0 aliphatic rings. The second-order valence-electron chi connectivity index (χ2n) is 6.15. The number of carbonyl (C=O) groups is 1. The summed E-state index contributed by atoms with van der Waals surface area (Å²) in [4.78, 5) is 12.5. The van der Waals surface area contributed by atoms with Crippen molar-refractivity contribution in [2.24, 2.45) is 0 Å². The molecule has 0 aromatic heterocycles. The molecule has 0 saturated carbocycles. The normalized spacial score (nSPS) is 11.1. The van der Waals surface area contributed by atoms with Gasteiger partial charge in [-0.05, 0) is 31.2 Å². The van der Waals surface area contributed by atoms with Crippen LogP contribution in [-0.4, -0.2) is 39.3 Å². The lowest BCUT2D eigenvalue weighted by Gasteiger charge is -2.17. The standard InChI is InChI=1S/C21H28N2O4.ClH/c1-5-22-15(2)13-23-21(24)17-11-18(25-3)20(19(12-17)26-4)27-14-16-9-7-6-8-10-16;/h6-12,15,22H,5,13-14H2,1-4H3,(H,23,24);1H/t15-;/m1./s1. The van der Waals surface area contributed by atoms with E-state index in [0.717, 1.165) is 12.1 Å². The molecule has 1 atom stereocenters. The second kappa shape index (κ2) is 12.1. The molecule has 0 spiro atoms. The van der Waals surface area contributed by atoms with Crippen LogP contribution in [-0.2, 0) is 6.61 Å². The molecule has 2 N–H and O–H groups in total. The van der Waals surface area contributed by atoms with Crippen LogP contribution in [0.15, 0.2) is 42.5 Å². The molecule has 1 amide bonds. The van der Waals surface area contributed by atoms with E-state index < -0.39 is 0 Å². The van der Waals surface area contributed by atoms with Crippen molar-refractivity contribution in [1.82, 2.24) is 10.6 Å². The lowest BCUT2D eigenvalue weighted by atomic mass is 10.1. The number of carbonyl (C=O) groups excluding carboxylic acids is 1. The van der Waals surface area contributed by atoms with Gasteiger partial charge in [0.2, 0.25) is 5.75 Å². The first kappa shape index (κ1) is 23.6. The Kier molecular flexibility index (Phi) is 10.2. The maximum absolute atomic E-state index is 12.5. The maximum Gasteiger partial charge on any atom is 0.251 e. The summed E-state index contributed by atoms with van der Waals surface area (Å²) in [5, 5.41) is 6.16. The number of rotatable bonds is 10. The van der Waals surface area contributed by atoms with Gasteiger partial charge < -0.3 is 24.8 Å². The highest BCUT2D eigenvalue weighted by molar-refractivity contribution is 5.95. The monoisotopic (exact) mass is 408 g/mol. The molecule has 6 nitrogen and oxygen atoms in total. The first-order valence-corrected chi connectivity index (χ1v) is 9.03. The average Bonchev–Trinajstić information content (AvgIpc) is 2.70. The van der Waals surface area contributed by atoms with Crippen molar-refractivity contribution in [2.45, 2.75) is 26.5 Å². The summed E-state index contributed by atoms with van der Waals surface area (Å²) in [6.07, 6.45) is 0. The Morgan fingerprint density at radius 1 is 1.07 bits per heavy atom. The average molecular weight is 409 g/mol. The number of halogens is 1. The van der Waals surface area contributed by atoms with E-state index in [4.69, 9.17) is 14.2 Å². The first-order valence-electron chi connectivity index (χ1n) is 9.03. The minimum Gasteiger partial charge on any atom is -0.493 e. The van der Waals surface area contributed by atoms with Gasteiger partial charge in [0.1, 0.15) is 6.61 Å². The number of methoxy groups -OCH3 is 2. The summed E-state index contributed by atoms with van der Waals surface area (Å²) in [5.74, 6) is 1.19. The zero-order valence-electron chi connectivity index (χ0n) is 16.8. The van der Waals surface area contributed by atoms with Crippen LogP contribution in [0.3, 0.4) is 0 Å². The van der Waals surface area contributed by atoms with Gasteiger partial charge in [-0.2, -0.15) is 0 Å². The Hall–Kier alpha value is -2.44. The molecular weight excluding hydrogens is 380 g/mol. The zero-order chi connectivity index (χ0) is 19.6. The smallest absolute Gasteiger partial charge is 0.251 e. The summed E-state index contributed by atoms with van der Waals surface area (Å²) >= 11 is 0. The largest absolute Gasteiger partial charge is 0.493 e. The highest BCUT2D eigenvalue weighted by Crippen LogP contribution is 2.39. The summed E-state index contributed by atoms with van der Waals surface area (Å²) < 4.78 is 16.8. The molecule has 0 aliphatic carbocycles. The van der Waals surface area contributed by atoms with Crippen molar-refractivity contribution in [3.8, 4) is 17.2 Å². The van der Waals surface area contributed by atoms with Crippen LogP contribution in [0.1, 0.15) is 29.8 Å². The number of amides is 1. The zero-order valence-corrected chi connectivity index (χ0v) is 17.6. The van der Waals surface area contributed by atoms with Gasteiger partial charge in [0, 0.05) is 18.2 Å². The van der Waals surface area contributed by atoms with Crippen molar-refractivity contribution < 1.29 is 19.0 Å². The predicted octanol–water partition coefficient (Wildman–Crippen LogP) is 3.43. The van der Waals surface area contributed by atoms with Gasteiger partial charge in [-0.25, -0.2) is 0 Å². The third-order valence-corrected chi connectivity index (χ3v) is 4.07. The molecule has 0 fully saturated rings. The molecule has 0 unspecified atom stereocenters. The lowest BCUT2D eigenvalue weighted by Crippen LogP contribution is -2.38. The number of hydrogen-bond donors (Lipinski definition) is 2. The molecule has 2 aromatic rings. The van der Waals surface area contributed by atoms with Gasteiger partial charge in [0.15, 0.2) is 11.5 Å². The molecule has 2 aromatic carbocycles. The minimum atomic E-state index is -0.189. The van der Waals surface area contributed by atoms with E-state index in [1.807, 2.05) is 44.2 Å². The molecule has 154 valence electrons. The molecule has 2 rings (SSSR count). The Bertz CT molecular complexity index is 715. The Morgan fingerprint density at radius 3 is 2.21 bits per heavy atom. The van der Waals surface area contributed by atoms with Crippen LogP contribution < -0.4 is 24.8 Å². The number of ether oxygens (including phenoxy) is 3. The summed E-state index contributed by atoms with van der Waals surface area (Å²) in [6, 6.07) is 13.3. The van der Waals surface area contributed by atoms with E-state index >= 15 is 0 Å². The first-order chi connectivity index (χ1) is 13.1. The molecule has 0 saturated heterocycles. The molecule has 0 heterocycles. The van der Waals surface area contributed by atoms with Gasteiger partial charge in [-0.15, -0.1) is 12.4 Å². The highest BCUT2D eigenvalue weighted by atomic mass is 35.5. The Labute approximate surface area is 173 Å².